The standard InChI is InChI=1S/C20H19F3N6O/c21-20(22,23)13-8-9-18(24-12-13)27-15-5-3-6-16(15)28-19(30)14-4-1-2-7-17(14)29-25-10-11-26-29/h1-2,4,7-12,15-16H,3,5-6H2,(H,24,27)(H,28,30)/t15-,16+/m0/s1. The van der Waals surface area contributed by atoms with Gasteiger partial charge in [0.1, 0.15) is 5.82 Å². The zero-order valence-corrected chi connectivity index (χ0v) is 15.8. The van der Waals surface area contributed by atoms with Gasteiger partial charge in [0.15, 0.2) is 0 Å². The number of hydrogen-bond acceptors (Lipinski definition) is 5. The molecule has 2 N–H and O–H groups in total. The molecule has 1 aromatic carbocycles. The summed E-state index contributed by atoms with van der Waals surface area (Å²) in [6.45, 7) is 0. The largest absolute Gasteiger partial charge is 0.417 e. The van der Waals surface area contributed by atoms with Gasteiger partial charge in [0.05, 0.1) is 29.2 Å². The monoisotopic (exact) mass is 416 g/mol. The molecule has 2 heterocycles. The molecule has 0 spiro atoms. The molecule has 2 atom stereocenters. The molecular formula is C20H19F3N6O. The lowest BCUT2D eigenvalue weighted by atomic mass is 10.1. The third-order valence-electron chi connectivity index (χ3n) is 5.04. The first-order valence-electron chi connectivity index (χ1n) is 9.48. The minimum Gasteiger partial charge on any atom is -0.365 e. The first-order chi connectivity index (χ1) is 14.4. The van der Waals surface area contributed by atoms with Crippen molar-refractivity contribution in [3.63, 3.8) is 0 Å². The number of amides is 1. The highest BCUT2D eigenvalue weighted by Crippen LogP contribution is 2.29. The van der Waals surface area contributed by atoms with Crippen LogP contribution in [-0.4, -0.2) is 38.0 Å². The fourth-order valence-electron chi connectivity index (χ4n) is 3.57. The van der Waals surface area contributed by atoms with Crippen LogP contribution in [0.4, 0.5) is 19.0 Å². The quantitative estimate of drug-likeness (QED) is 0.666. The van der Waals surface area contributed by atoms with Gasteiger partial charge in [-0.1, -0.05) is 12.1 Å². The maximum absolute atomic E-state index is 12.9. The Morgan fingerprint density at radius 2 is 1.77 bits per heavy atom. The highest BCUT2D eigenvalue weighted by molar-refractivity contribution is 5.97. The van der Waals surface area contributed by atoms with E-state index in [-0.39, 0.29) is 18.0 Å². The highest BCUT2D eigenvalue weighted by Gasteiger charge is 2.32. The predicted octanol–water partition coefficient (Wildman–Crippen LogP) is 3.44. The molecule has 0 saturated heterocycles. The minimum atomic E-state index is -4.42. The SMILES string of the molecule is O=C(N[C@@H]1CCC[C@@H]1Nc1ccc(C(F)(F)F)cn1)c1ccccc1-n1nccn1. The zero-order chi connectivity index (χ0) is 21.1. The van der Waals surface area contributed by atoms with Crippen LogP contribution in [-0.2, 0) is 6.18 Å². The first kappa shape index (κ1) is 19.9. The van der Waals surface area contributed by atoms with E-state index >= 15 is 0 Å². The maximum atomic E-state index is 12.9. The molecule has 10 heteroatoms. The average Bonchev–Trinajstić information content (AvgIpc) is 3.40. The Morgan fingerprint density at radius 3 is 2.47 bits per heavy atom. The number of carbonyl (C=O) groups excluding carboxylic acids is 1. The number of hydrogen-bond donors (Lipinski definition) is 2. The summed E-state index contributed by atoms with van der Waals surface area (Å²) >= 11 is 0. The second kappa shape index (κ2) is 8.13. The summed E-state index contributed by atoms with van der Waals surface area (Å²) < 4.78 is 38.1. The Balaban J connectivity index is 1.45. The van der Waals surface area contributed by atoms with Crippen molar-refractivity contribution in [1.82, 2.24) is 25.3 Å². The normalized spacial score (nSPS) is 18.9. The van der Waals surface area contributed by atoms with Gasteiger partial charge < -0.3 is 10.6 Å². The van der Waals surface area contributed by atoms with Crippen LogP contribution < -0.4 is 10.6 Å². The van der Waals surface area contributed by atoms with Crippen LogP contribution in [0.5, 0.6) is 0 Å². The Morgan fingerprint density at radius 1 is 1.03 bits per heavy atom. The molecule has 1 saturated carbocycles. The second-order valence-electron chi connectivity index (χ2n) is 7.03. The number of nitrogens with zero attached hydrogens (tertiary/aromatic N) is 4. The van der Waals surface area contributed by atoms with E-state index in [0.29, 0.717) is 17.1 Å². The topological polar surface area (TPSA) is 84.7 Å². The Bertz CT molecular complexity index is 1000. The number of aromatic nitrogens is 4. The van der Waals surface area contributed by atoms with Crippen LogP contribution in [0.1, 0.15) is 35.2 Å². The molecule has 4 rings (SSSR count). The molecule has 0 aliphatic heterocycles. The third kappa shape index (κ3) is 4.27. The number of benzene rings is 1. The fourth-order valence-corrected chi connectivity index (χ4v) is 3.57. The van der Waals surface area contributed by atoms with E-state index in [1.807, 2.05) is 0 Å². The smallest absolute Gasteiger partial charge is 0.365 e. The van der Waals surface area contributed by atoms with Crippen molar-refractivity contribution in [3.8, 4) is 5.69 Å². The lowest BCUT2D eigenvalue weighted by Gasteiger charge is -2.23. The van der Waals surface area contributed by atoms with E-state index in [1.165, 1.54) is 23.3 Å². The van der Waals surface area contributed by atoms with Gasteiger partial charge in [-0.2, -0.15) is 28.2 Å². The number of para-hydroxylation sites is 1. The molecule has 2 aromatic heterocycles. The Hall–Kier alpha value is -3.43. The first-order valence-corrected chi connectivity index (χ1v) is 9.48. The minimum absolute atomic E-state index is 0.131. The van der Waals surface area contributed by atoms with Crippen molar-refractivity contribution in [3.05, 3.63) is 66.1 Å². The van der Waals surface area contributed by atoms with Crippen molar-refractivity contribution in [2.24, 2.45) is 0 Å². The summed E-state index contributed by atoms with van der Waals surface area (Å²) in [6, 6.07) is 9.00. The second-order valence-corrected chi connectivity index (χ2v) is 7.03. The number of nitrogens with one attached hydrogen (secondary N) is 2. The molecule has 1 amide bonds. The Kier molecular flexibility index (Phi) is 5.39. The molecule has 0 radical (unpaired) electrons. The molecule has 7 nitrogen and oxygen atoms in total. The van der Waals surface area contributed by atoms with E-state index < -0.39 is 11.7 Å². The van der Waals surface area contributed by atoms with Gasteiger partial charge in [0, 0.05) is 18.3 Å². The third-order valence-corrected chi connectivity index (χ3v) is 5.04. The number of halogens is 3. The Labute approximate surface area is 170 Å². The van der Waals surface area contributed by atoms with Gasteiger partial charge >= 0.3 is 6.18 Å². The van der Waals surface area contributed by atoms with E-state index in [0.717, 1.165) is 31.5 Å². The van der Waals surface area contributed by atoms with Crippen LogP contribution in [0.2, 0.25) is 0 Å². The van der Waals surface area contributed by atoms with Crippen molar-refractivity contribution in [2.75, 3.05) is 5.32 Å². The molecule has 30 heavy (non-hydrogen) atoms. The van der Waals surface area contributed by atoms with Crippen molar-refractivity contribution >= 4 is 11.7 Å². The van der Waals surface area contributed by atoms with Gasteiger partial charge in [-0.15, -0.1) is 0 Å². The van der Waals surface area contributed by atoms with Crippen LogP contribution in [0.25, 0.3) is 5.69 Å². The van der Waals surface area contributed by atoms with Crippen LogP contribution in [0.15, 0.2) is 55.0 Å². The lowest BCUT2D eigenvalue weighted by Crippen LogP contribution is -2.43. The molecule has 1 aliphatic carbocycles. The molecular weight excluding hydrogens is 397 g/mol. The van der Waals surface area contributed by atoms with E-state index in [2.05, 4.69) is 25.8 Å². The summed E-state index contributed by atoms with van der Waals surface area (Å²) in [5, 5.41) is 14.3. The number of rotatable bonds is 5. The molecule has 0 bridgehead atoms. The molecule has 1 fully saturated rings. The highest BCUT2D eigenvalue weighted by atomic mass is 19.4. The molecule has 3 aromatic rings. The summed E-state index contributed by atoms with van der Waals surface area (Å²) in [4.78, 5) is 18.2. The summed E-state index contributed by atoms with van der Waals surface area (Å²) in [5.41, 5.74) is 0.201. The summed E-state index contributed by atoms with van der Waals surface area (Å²) in [5.74, 6) is 0.0808. The lowest BCUT2D eigenvalue weighted by molar-refractivity contribution is -0.137. The molecule has 1 aliphatic rings. The van der Waals surface area contributed by atoms with E-state index in [4.69, 9.17) is 0 Å². The fraction of sp³-hybridized carbons (Fsp3) is 0.300. The maximum Gasteiger partial charge on any atom is 0.417 e. The number of carbonyl (C=O) groups is 1. The summed E-state index contributed by atoms with van der Waals surface area (Å²) in [6.07, 6.45) is 1.85. The zero-order valence-electron chi connectivity index (χ0n) is 15.8. The van der Waals surface area contributed by atoms with Crippen LogP contribution in [0.3, 0.4) is 0 Å². The molecule has 156 valence electrons. The van der Waals surface area contributed by atoms with Crippen molar-refractivity contribution < 1.29 is 18.0 Å². The van der Waals surface area contributed by atoms with E-state index in [1.54, 1.807) is 24.3 Å². The predicted molar refractivity (Wildman–Crippen MR) is 103 cm³/mol. The van der Waals surface area contributed by atoms with Crippen LogP contribution >= 0.6 is 0 Å². The number of anilines is 1. The van der Waals surface area contributed by atoms with Crippen LogP contribution in [0, 0.1) is 0 Å². The van der Waals surface area contributed by atoms with Gasteiger partial charge in [-0.3, -0.25) is 4.79 Å². The van der Waals surface area contributed by atoms with Crippen molar-refractivity contribution in [2.45, 2.75) is 37.5 Å². The van der Waals surface area contributed by atoms with Gasteiger partial charge in [0.25, 0.3) is 5.91 Å². The summed E-state index contributed by atoms with van der Waals surface area (Å²) in [7, 11) is 0. The average molecular weight is 416 g/mol. The van der Waals surface area contributed by atoms with Crippen molar-refractivity contribution in [1.29, 1.82) is 0 Å². The number of pyridine rings is 1. The van der Waals surface area contributed by atoms with Gasteiger partial charge in [0.2, 0.25) is 0 Å². The van der Waals surface area contributed by atoms with E-state index in [9.17, 15) is 18.0 Å². The van der Waals surface area contributed by atoms with Gasteiger partial charge in [-0.05, 0) is 43.5 Å². The number of alkyl halides is 3. The van der Waals surface area contributed by atoms with Gasteiger partial charge in [-0.25, -0.2) is 4.98 Å². The molecule has 0 unspecified atom stereocenters.